The van der Waals surface area contributed by atoms with E-state index in [1.807, 2.05) is 25.1 Å². The second kappa shape index (κ2) is 10.8. The van der Waals surface area contributed by atoms with Crippen molar-refractivity contribution in [2.75, 3.05) is 18.1 Å². The Kier molecular flexibility index (Phi) is 8.72. The minimum atomic E-state index is -0.285. The second-order valence-corrected chi connectivity index (χ2v) is 5.41. The van der Waals surface area contributed by atoms with Crippen LogP contribution >= 0.6 is 11.8 Å². The zero-order valence-corrected chi connectivity index (χ0v) is 14.6. The third-order valence-corrected chi connectivity index (χ3v) is 3.80. The van der Waals surface area contributed by atoms with Gasteiger partial charge in [-0.15, -0.1) is 0 Å². The molecule has 0 saturated carbocycles. The van der Waals surface area contributed by atoms with Gasteiger partial charge >= 0.3 is 0 Å². The lowest BCUT2D eigenvalue weighted by molar-refractivity contribution is -0.123. The van der Waals surface area contributed by atoms with Gasteiger partial charge < -0.3 is 15.7 Å². The van der Waals surface area contributed by atoms with Crippen LogP contribution < -0.4 is 10.6 Å². The largest absolute Gasteiger partial charge is 0.483 e. The van der Waals surface area contributed by atoms with E-state index in [1.165, 1.54) is 25.0 Å². The number of rotatable bonds is 6. The van der Waals surface area contributed by atoms with Crippen molar-refractivity contribution in [1.29, 1.82) is 0 Å². The topological polar surface area (TPSA) is 126 Å². The van der Waals surface area contributed by atoms with Gasteiger partial charge in [0, 0.05) is 19.8 Å². The first-order chi connectivity index (χ1) is 12.1. The fourth-order valence-electron chi connectivity index (χ4n) is 1.80. The number of carboxylic acid groups (broad SMARTS) is 1. The summed E-state index contributed by atoms with van der Waals surface area (Å²) in [6.45, 7) is 2.19. The molecule has 134 valence electrons. The molecule has 0 bridgehead atoms. The third-order valence-electron chi connectivity index (χ3n) is 2.86. The Morgan fingerprint density at radius 3 is 2.68 bits per heavy atom. The lowest BCUT2D eigenvalue weighted by atomic mass is 10.3. The number of carbonyl (C=O) groups is 3. The molecule has 0 aliphatic heterocycles. The predicted octanol–water partition coefficient (Wildman–Crippen LogP) is 1.09. The Morgan fingerprint density at radius 2 is 2.12 bits per heavy atom. The van der Waals surface area contributed by atoms with Crippen LogP contribution in [0, 0.1) is 0 Å². The summed E-state index contributed by atoms with van der Waals surface area (Å²) in [5, 5.41) is 17.0. The van der Waals surface area contributed by atoms with Crippen LogP contribution in [0.4, 0.5) is 5.82 Å². The van der Waals surface area contributed by atoms with Crippen molar-refractivity contribution in [2.24, 2.45) is 0 Å². The SMILES string of the molecule is CCn1ncc(C(=O)NC)c1NC(=O)CSc1ccccn1.O=CO. The van der Waals surface area contributed by atoms with E-state index >= 15 is 0 Å². The van der Waals surface area contributed by atoms with Crippen LogP contribution in [0.15, 0.2) is 35.6 Å². The number of nitrogens with one attached hydrogen (secondary N) is 2. The number of nitrogens with zero attached hydrogens (tertiary/aromatic N) is 3. The number of carbonyl (C=O) groups excluding carboxylic acids is 2. The van der Waals surface area contributed by atoms with Gasteiger partial charge in [0.15, 0.2) is 0 Å². The van der Waals surface area contributed by atoms with Gasteiger partial charge in [0.2, 0.25) is 5.91 Å². The highest BCUT2D eigenvalue weighted by molar-refractivity contribution is 7.99. The van der Waals surface area contributed by atoms with Crippen molar-refractivity contribution < 1.29 is 19.5 Å². The maximum Gasteiger partial charge on any atom is 0.290 e. The Balaban J connectivity index is 0.000000970. The summed E-state index contributed by atoms with van der Waals surface area (Å²) in [6, 6.07) is 5.52. The maximum absolute atomic E-state index is 12.1. The Morgan fingerprint density at radius 1 is 1.40 bits per heavy atom. The minimum Gasteiger partial charge on any atom is -0.483 e. The number of thioether (sulfide) groups is 1. The molecule has 0 aliphatic carbocycles. The van der Waals surface area contributed by atoms with E-state index in [-0.39, 0.29) is 24.0 Å². The Bertz CT molecular complexity index is 705. The number of hydrogen-bond acceptors (Lipinski definition) is 6. The Hall–Kier alpha value is -2.88. The molecular formula is C15H19N5O4S. The summed E-state index contributed by atoms with van der Waals surface area (Å²) < 4.78 is 1.58. The molecule has 2 rings (SSSR count). The quantitative estimate of drug-likeness (QED) is 0.516. The van der Waals surface area contributed by atoms with Gasteiger partial charge in [0.25, 0.3) is 12.4 Å². The Labute approximate surface area is 148 Å². The van der Waals surface area contributed by atoms with Crippen LogP contribution in [0.25, 0.3) is 0 Å². The first kappa shape index (κ1) is 20.2. The van der Waals surface area contributed by atoms with E-state index in [2.05, 4.69) is 20.7 Å². The summed E-state index contributed by atoms with van der Waals surface area (Å²) in [7, 11) is 1.54. The van der Waals surface area contributed by atoms with E-state index in [1.54, 1.807) is 10.9 Å². The standard InChI is InChI=1S/C14H17N5O2S.CH2O2/c1-3-19-13(10(8-17-19)14(21)15-2)18-11(20)9-22-12-6-4-5-7-16-12;2-1-3/h4-8H,3,9H2,1-2H3,(H,15,21)(H,18,20);1H,(H,2,3). The van der Waals surface area contributed by atoms with Gasteiger partial charge in [-0.25, -0.2) is 9.67 Å². The molecule has 0 saturated heterocycles. The highest BCUT2D eigenvalue weighted by atomic mass is 32.2. The van der Waals surface area contributed by atoms with Crippen molar-refractivity contribution in [3.8, 4) is 0 Å². The van der Waals surface area contributed by atoms with Gasteiger partial charge in [-0.05, 0) is 19.1 Å². The van der Waals surface area contributed by atoms with Crippen LogP contribution in [-0.4, -0.2) is 51.0 Å². The smallest absolute Gasteiger partial charge is 0.290 e. The fraction of sp³-hybridized carbons (Fsp3) is 0.267. The molecular weight excluding hydrogens is 346 g/mol. The molecule has 0 fully saturated rings. The number of amides is 2. The molecule has 10 heteroatoms. The molecule has 3 N–H and O–H groups in total. The van der Waals surface area contributed by atoms with Crippen molar-refractivity contribution in [3.63, 3.8) is 0 Å². The highest BCUT2D eigenvalue weighted by Gasteiger charge is 2.18. The van der Waals surface area contributed by atoms with Gasteiger partial charge in [0.1, 0.15) is 11.4 Å². The monoisotopic (exact) mass is 365 g/mol. The van der Waals surface area contributed by atoms with Crippen molar-refractivity contribution in [2.45, 2.75) is 18.5 Å². The number of anilines is 1. The minimum absolute atomic E-state index is 0.207. The molecule has 0 unspecified atom stereocenters. The molecule has 0 aromatic carbocycles. The van der Waals surface area contributed by atoms with E-state index < -0.39 is 0 Å². The van der Waals surface area contributed by atoms with Gasteiger partial charge in [-0.3, -0.25) is 14.4 Å². The van der Waals surface area contributed by atoms with Crippen LogP contribution in [0.5, 0.6) is 0 Å². The number of hydrogen-bond donors (Lipinski definition) is 3. The number of aryl methyl sites for hydroxylation is 1. The van der Waals surface area contributed by atoms with Crippen LogP contribution in [0.2, 0.25) is 0 Å². The average Bonchev–Trinajstić information content (AvgIpc) is 3.03. The molecule has 0 radical (unpaired) electrons. The zero-order valence-electron chi connectivity index (χ0n) is 13.8. The average molecular weight is 365 g/mol. The normalized spacial score (nSPS) is 9.52. The lowest BCUT2D eigenvalue weighted by Crippen LogP contribution is -2.23. The van der Waals surface area contributed by atoms with Crippen molar-refractivity contribution in [1.82, 2.24) is 20.1 Å². The van der Waals surface area contributed by atoms with Gasteiger partial charge in [-0.1, -0.05) is 17.8 Å². The lowest BCUT2D eigenvalue weighted by Gasteiger charge is -2.09. The fourth-order valence-corrected chi connectivity index (χ4v) is 2.46. The van der Waals surface area contributed by atoms with Gasteiger partial charge in [0.05, 0.1) is 17.0 Å². The third kappa shape index (κ3) is 6.26. The number of aromatic nitrogens is 3. The molecule has 0 aliphatic rings. The highest BCUT2D eigenvalue weighted by Crippen LogP contribution is 2.18. The van der Waals surface area contributed by atoms with E-state index in [0.717, 1.165) is 5.03 Å². The van der Waals surface area contributed by atoms with E-state index in [9.17, 15) is 9.59 Å². The number of pyridine rings is 1. The molecule has 9 nitrogen and oxygen atoms in total. The second-order valence-electron chi connectivity index (χ2n) is 4.41. The molecule has 0 atom stereocenters. The summed E-state index contributed by atoms with van der Waals surface area (Å²) >= 11 is 1.33. The van der Waals surface area contributed by atoms with E-state index in [4.69, 9.17) is 9.90 Å². The maximum atomic E-state index is 12.1. The summed E-state index contributed by atoms with van der Waals surface area (Å²) in [5.41, 5.74) is 0.348. The summed E-state index contributed by atoms with van der Waals surface area (Å²) in [4.78, 5) is 36.4. The molecule has 2 amide bonds. The van der Waals surface area contributed by atoms with Gasteiger partial charge in [-0.2, -0.15) is 5.10 Å². The van der Waals surface area contributed by atoms with Crippen molar-refractivity contribution in [3.05, 3.63) is 36.2 Å². The zero-order chi connectivity index (χ0) is 18.7. The molecule has 2 aromatic rings. The summed E-state index contributed by atoms with van der Waals surface area (Å²) in [5.74, 6) is 0.121. The molecule has 25 heavy (non-hydrogen) atoms. The van der Waals surface area contributed by atoms with Crippen LogP contribution in [0.3, 0.4) is 0 Å². The summed E-state index contributed by atoms with van der Waals surface area (Å²) in [6.07, 6.45) is 3.12. The molecule has 2 aromatic heterocycles. The predicted molar refractivity (Wildman–Crippen MR) is 93.6 cm³/mol. The van der Waals surface area contributed by atoms with Crippen molar-refractivity contribution >= 4 is 35.9 Å². The molecule has 0 spiro atoms. The first-order valence-electron chi connectivity index (χ1n) is 7.26. The van der Waals surface area contributed by atoms with Crippen LogP contribution in [0.1, 0.15) is 17.3 Å². The van der Waals surface area contributed by atoms with E-state index in [0.29, 0.717) is 17.9 Å². The molecule has 2 heterocycles. The van der Waals surface area contributed by atoms with Crippen LogP contribution in [-0.2, 0) is 16.1 Å². The first-order valence-corrected chi connectivity index (χ1v) is 8.25.